The molecule has 0 bridgehead atoms. The first-order valence-corrected chi connectivity index (χ1v) is 12.5. The average Bonchev–Trinajstić information content (AvgIpc) is 3.30. The SMILES string of the molecule is CC(C)CN(CC(=O)N(CCc1c[nH]c2ccccc12)Cc1ccccc1)C(=O)Nc1ccccc1. The van der Waals surface area contributed by atoms with Crippen LogP contribution in [0.1, 0.15) is 25.0 Å². The van der Waals surface area contributed by atoms with Gasteiger partial charge in [-0.3, -0.25) is 4.79 Å². The number of nitrogens with one attached hydrogen (secondary N) is 2. The molecule has 0 saturated carbocycles. The van der Waals surface area contributed by atoms with E-state index in [0.717, 1.165) is 17.5 Å². The molecule has 186 valence electrons. The minimum absolute atomic E-state index is 0.0254. The number of urea groups is 1. The Kier molecular flexibility index (Phi) is 8.40. The van der Waals surface area contributed by atoms with E-state index in [-0.39, 0.29) is 24.4 Å². The van der Waals surface area contributed by atoms with E-state index >= 15 is 0 Å². The number of hydrogen-bond donors (Lipinski definition) is 2. The standard InChI is InChI=1S/C30H34N4O2/c1-23(2)20-34(30(36)32-26-13-7-4-8-14-26)22-29(35)33(21-24-11-5-3-6-12-24)18-17-25-19-31-28-16-10-9-15-27(25)28/h3-16,19,23,31H,17-18,20-22H2,1-2H3,(H,32,36). The van der Waals surface area contributed by atoms with Gasteiger partial charge in [-0.1, -0.05) is 80.6 Å². The zero-order chi connectivity index (χ0) is 25.3. The second-order valence-corrected chi connectivity index (χ2v) is 9.48. The highest BCUT2D eigenvalue weighted by molar-refractivity contribution is 5.92. The Bertz CT molecular complexity index is 1270. The van der Waals surface area contributed by atoms with Gasteiger partial charge >= 0.3 is 6.03 Å². The Morgan fingerprint density at radius 1 is 0.861 bits per heavy atom. The van der Waals surface area contributed by atoms with Crippen LogP contribution in [0.4, 0.5) is 10.5 Å². The molecule has 6 nitrogen and oxygen atoms in total. The molecule has 0 atom stereocenters. The van der Waals surface area contributed by atoms with Gasteiger partial charge < -0.3 is 20.1 Å². The quantitative estimate of drug-likeness (QED) is 0.294. The number of nitrogens with zero attached hydrogens (tertiary/aromatic N) is 2. The maximum atomic E-state index is 13.6. The summed E-state index contributed by atoms with van der Waals surface area (Å²) in [6.07, 6.45) is 2.75. The smallest absolute Gasteiger partial charge is 0.322 e. The first-order valence-electron chi connectivity index (χ1n) is 12.5. The van der Waals surface area contributed by atoms with Gasteiger partial charge in [-0.2, -0.15) is 0 Å². The number of H-pyrrole nitrogens is 1. The fourth-order valence-electron chi connectivity index (χ4n) is 4.34. The maximum Gasteiger partial charge on any atom is 0.322 e. The molecule has 0 unspecified atom stereocenters. The molecule has 1 aromatic heterocycles. The summed E-state index contributed by atoms with van der Waals surface area (Å²) >= 11 is 0. The van der Waals surface area contributed by atoms with Crippen LogP contribution in [-0.2, 0) is 17.8 Å². The Hall–Kier alpha value is -4.06. The third kappa shape index (κ3) is 6.75. The lowest BCUT2D eigenvalue weighted by molar-refractivity contribution is -0.132. The summed E-state index contributed by atoms with van der Waals surface area (Å²) in [5, 5.41) is 4.10. The fourth-order valence-corrected chi connectivity index (χ4v) is 4.34. The highest BCUT2D eigenvalue weighted by Gasteiger charge is 2.23. The van der Waals surface area contributed by atoms with Crippen LogP contribution in [0.2, 0.25) is 0 Å². The van der Waals surface area contributed by atoms with Crippen molar-refractivity contribution in [1.29, 1.82) is 0 Å². The van der Waals surface area contributed by atoms with E-state index in [1.807, 2.05) is 97.7 Å². The van der Waals surface area contributed by atoms with Gasteiger partial charge in [0, 0.05) is 42.4 Å². The van der Waals surface area contributed by atoms with E-state index in [2.05, 4.69) is 22.4 Å². The molecule has 3 amide bonds. The van der Waals surface area contributed by atoms with Crippen molar-refractivity contribution in [3.63, 3.8) is 0 Å². The van der Waals surface area contributed by atoms with Gasteiger partial charge in [0.15, 0.2) is 0 Å². The van der Waals surface area contributed by atoms with Crippen molar-refractivity contribution in [2.45, 2.75) is 26.8 Å². The van der Waals surface area contributed by atoms with Crippen LogP contribution in [0.25, 0.3) is 10.9 Å². The van der Waals surface area contributed by atoms with E-state index in [1.165, 1.54) is 10.9 Å². The number of anilines is 1. The van der Waals surface area contributed by atoms with E-state index in [4.69, 9.17) is 0 Å². The van der Waals surface area contributed by atoms with Crippen LogP contribution < -0.4 is 5.32 Å². The molecular formula is C30H34N4O2. The molecule has 4 aromatic rings. The number of aromatic nitrogens is 1. The van der Waals surface area contributed by atoms with Crippen molar-refractivity contribution >= 4 is 28.5 Å². The highest BCUT2D eigenvalue weighted by atomic mass is 16.2. The minimum Gasteiger partial charge on any atom is -0.361 e. The van der Waals surface area contributed by atoms with Crippen LogP contribution in [0.3, 0.4) is 0 Å². The Balaban J connectivity index is 1.50. The van der Waals surface area contributed by atoms with Crippen molar-refractivity contribution in [2.24, 2.45) is 5.92 Å². The predicted octanol–water partition coefficient (Wildman–Crippen LogP) is 5.93. The zero-order valence-electron chi connectivity index (χ0n) is 21.0. The Morgan fingerprint density at radius 2 is 1.53 bits per heavy atom. The number of rotatable bonds is 10. The molecule has 0 spiro atoms. The van der Waals surface area contributed by atoms with Crippen LogP contribution in [0.5, 0.6) is 0 Å². The van der Waals surface area contributed by atoms with Gasteiger partial charge in [0.1, 0.15) is 6.54 Å². The topological polar surface area (TPSA) is 68.4 Å². The number of aromatic amines is 1. The molecule has 2 N–H and O–H groups in total. The number of amides is 3. The maximum absolute atomic E-state index is 13.6. The number of benzene rings is 3. The minimum atomic E-state index is -0.264. The lowest BCUT2D eigenvalue weighted by Crippen LogP contribution is -2.46. The zero-order valence-corrected chi connectivity index (χ0v) is 21.0. The van der Waals surface area contributed by atoms with Crippen LogP contribution >= 0.6 is 0 Å². The number of carbonyl (C=O) groups is 2. The second kappa shape index (κ2) is 12.1. The van der Waals surface area contributed by atoms with Gasteiger partial charge in [-0.15, -0.1) is 0 Å². The largest absolute Gasteiger partial charge is 0.361 e. The predicted molar refractivity (Wildman–Crippen MR) is 146 cm³/mol. The molecule has 0 saturated heterocycles. The summed E-state index contributed by atoms with van der Waals surface area (Å²) in [4.78, 5) is 33.5. The molecule has 6 heteroatoms. The monoisotopic (exact) mass is 482 g/mol. The van der Waals surface area contributed by atoms with E-state index < -0.39 is 0 Å². The molecule has 0 radical (unpaired) electrons. The fraction of sp³-hybridized carbons (Fsp3) is 0.267. The molecule has 3 aromatic carbocycles. The average molecular weight is 483 g/mol. The Labute approximate surface area is 212 Å². The Morgan fingerprint density at radius 3 is 2.25 bits per heavy atom. The first kappa shape index (κ1) is 25.0. The molecule has 0 aliphatic rings. The van der Waals surface area contributed by atoms with E-state index in [0.29, 0.717) is 25.3 Å². The van der Waals surface area contributed by atoms with E-state index in [9.17, 15) is 9.59 Å². The summed E-state index contributed by atoms with van der Waals surface area (Å²) in [7, 11) is 0. The number of fused-ring (bicyclic) bond motifs is 1. The summed E-state index contributed by atoms with van der Waals surface area (Å²) in [6, 6.07) is 27.3. The molecule has 36 heavy (non-hydrogen) atoms. The molecular weight excluding hydrogens is 448 g/mol. The van der Waals surface area contributed by atoms with Crippen molar-refractivity contribution in [2.75, 3.05) is 25.0 Å². The summed E-state index contributed by atoms with van der Waals surface area (Å²) in [5.41, 5.74) is 4.05. The lowest BCUT2D eigenvalue weighted by Gasteiger charge is -2.29. The van der Waals surface area contributed by atoms with Gasteiger partial charge in [0.2, 0.25) is 5.91 Å². The molecule has 1 heterocycles. The normalized spacial score (nSPS) is 11.0. The highest BCUT2D eigenvalue weighted by Crippen LogP contribution is 2.19. The van der Waals surface area contributed by atoms with Crippen molar-refractivity contribution in [3.8, 4) is 0 Å². The van der Waals surface area contributed by atoms with Crippen molar-refractivity contribution in [3.05, 3.63) is 102 Å². The molecule has 0 fully saturated rings. The first-order chi connectivity index (χ1) is 17.5. The van der Waals surface area contributed by atoms with Gasteiger partial charge in [0.25, 0.3) is 0 Å². The number of carbonyl (C=O) groups excluding carboxylic acids is 2. The molecule has 0 aliphatic heterocycles. The van der Waals surface area contributed by atoms with Crippen LogP contribution in [-0.4, -0.2) is 46.4 Å². The summed E-state index contributed by atoms with van der Waals surface area (Å²) < 4.78 is 0. The molecule has 0 aliphatic carbocycles. The van der Waals surface area contributed by atoms with Gasteiger partial charge in [-0.25, -0.2) is 4.79 Å². The van der Waals surface area contributed by atoms with Crippen molar-refractivity contribution < 1.29 is 9.59 Å². The lowest BCUT2D eigenvalue weighted by atomic mass is 10.1. The summed E-state index contributed by atoms with van der Waals surface area (Å²) in [6.45, 7) is 5.67. The molecule has 4 rings (SSSR count). The van der Waals surface area contributed by atoms with Crippen LogP contribution in [0.15, 0.2) is 91.1 Å². The number of hydrogen-bond acceptors (Lipinski definition) is 2. The van der Waals surface area contributed by atoms with Crippen LogP contribution in [0, 0.1) is 5.92 Å². The number of para-hydroxylation sites is 2. The summed E-state index contributed by atoms with van der Waals surface area (Å²) in [5.74, 6) is 0.163. The van der Waals surface area contributed by atoms with Crippen molar-refractivity contribution in [1.82, 2.24) is 14.8 Å². The van der Waals surface area contributed by atoms with E-state index in [1.54, 1.807) is 4.90 Å². The second-order valence-electron chi connectivity index (χ2n) is 9.48. The third-order valence-electron chi connectivity index (χ3n) is 6.12. The van der Waals surface area contributed by atoms with Gasteiger partial charge in [-0.05, 0) is 41.7 Å². The third-order valence-corrected chi connectivity index (χ3v) is 6.12. The van der Waals surface area contributed by atoms with Gasteiger partial charge in [0.05, 0.1) is 0 Å².